The van der Waals surface area contributed by atoms with Crippen molar-refractivity contribution in [2.75, 3.05) is 25.1 Å². The molecule has 1 aliphatic heterocycles. The van der Waals surface area contributed by atoms with Gasteiger partial charge in [0.15, 0.2) is 0 Å². The molecular formula is C12H16N2O3. The Bertz CT molecular complexity index is 389. The molecule has 0 amide bonds. The number of carbonyl (C=O) groups is 1. The molecule has 92 valence electrons. The van der Waals surface area contributed by atoms with E-state index < -0.39 is 5.97 Å². The molecule has 0 spiro atoms. The Morgan fingerprint density at radius 2 is 2.53 bits per heavy atom. The summed E-state index contributed by atoms with van der Waals surface area (Å²) in [6.45, 7) is 2.33. The smallest absolute Gasteiger partial charge is 0.339 e. The highest BCUT2D eigenvalue weighted by Gasteiger charge is 2.15. The average Bonchev–Trinajstić information content (AvgIpc) is 2.38. The number of hydrogen-bond acceptors (Lipinski definition) is 4. The largest absolute Gasteiger partial charge is 0.478 e. The van der Waals surface area contributed by atoms with Crippen molar-refractivity contribution in [2.24, 2.45) is 5.92 Å². The van der Waals surface area contributed by atoms with Crippen molar-refractivity contribution in [3.63, 3.8) is 0 Å². The normalized spacial score (nSPS) is 19.9. The van der Waals surface area contributed by atoms with Crippen molar-refractivity contribution in [3.05, 3.63) is 24.0 Å². The predicted molar refractivity (Wildman–Crippen MR) is 63.2 cm³/mol. The Kier molecular flexibility index (Phi) is 3.93. The molecule has 1 aliphatic rings. The van der Waals surface area contributed by atoms with E-state index >= 15 is 0 Å². The van der Waals surface area contributed by atoms with Crippen LogP contribution in [0.2, 0.25) is 0 Å². The molecule has 2 rings (SSSR count). The second kappa shape index (κ2) is 5.63. The van der Waals surface area contributed by atoms with Crippen molar-refractivity contribution in [2.45, 2.75) is 12.8 Å². The Morgan fingerprint density at radius 1 is 1.65 bits per heavy atom. The van der Waals surface area contributed by atoms with Crippen LogP contribution < -0.4 is 5.32 Å². The maximum Gasteiger partial charge on any atom is 0.339 e. The summed E-state index contributed by atoms with van der Waals surface area (Å²) < 4.78 is 5.38. The van der Waals surface area contributed by atoms with E-state index in [1.807, 2.05) is 0 Å². The predicted octanol–water partition coefficient (Wildman–Crippen LogP) is 1.62. The van der Waals surface area contributed by atoms with Crippen LogP contribution in [0.25, 0.3) is 0 Å². The first kappa shape index (κ1) is 11.9. The van der Waals surface area contributed by atoms with Gasteiger partial charge in [-0.15, -0.1) is 0 Å². The molecule has 17 heavy (non-hydrogen) atoms. The average molecular weight is 236 g/mol. The van der Waals surface area contributed by atoms with Crippen molar-refractivity contribution in [1.29, 1.82) is 0 Å². The zero-order valence-electron chi connectivity index (χ0n) is 9.56. The number of aromatic nitrogens is 1. The highest BCUT2D eigenvalue weighted by atomic mass is 16.5. The number of pyridine rings is 1. The molecule has 0 bridgehead atoms. The SMILES string of the molecule is O=C(O)c1cnccc1NCC1CCCOC1. The number of anilines is 1. The van der Waals surface area contributed by atoms with Crippen LogP contribution in [0.4, 0.5) is 5.69 Å². The molecule has 5 nitrogen and oxygen atoms in total. The van der Waals surface area contributed by atoms with Gasteiger partial charge in [-0.1, -0.05) is 0 Å². The summed E-state index contributed by atoms with van der Waals surface area (Å²) in [4.78, 5) is 14.8. The second-order valence-electron chi connectivity index (χ2n) is 4.19. The van der Waals surface area contributed by atoms with E-state index in [9.17, 15) is 4.79 Å². The molecule has 1 aromatic rings. The van der Waals surface area contributed by atoms with E-state index in [-0.39, 0.29) is 5.56 Å². The third-order valence-corrected chi connectivity index (χ3v) is 2.89. The first-order valence-corrected chi connectivity index (χ1v) is 5.76. The third kappa shape index (κ3) is 3.17. The Hall–Kier alpha value is -1.62. The Labute approximate surface area is 99.8 Å². The van der Waals surface area contributed by atoms with Gasteiger partial charge < -0.3 is 15.2 Å². The van der Waals surface area contributed by atoms with E-state index in [0.717, 1.165) is 32.6 Å². The minimum Gasteiger partial charge on any atom is -0.478 e. The molecular weight excluding hydrogens is 220 g/mol. The topological polar surface area (TPSA) is 71.5 Å². The number of carboxylic acid groups (broad SMARTS) is 1. The standard InChI is InChI=1S/C12H16N2O3/c15-12(16)10-7-13-4-3-11(10)14-6-9-2-1-5-17-8-9/h3-4,7,9H,1-2,5-6,8H2,(H,13,14)(H,15,16). The van der Waals surface area contributed by atoms with Gasteiger partial charge >= 0.3 is 5.97 Å². The van der Waals surface area contributed by atoms with Gasteiger partial charge in [0, 0.05) is 25.5 Å². The monoisotopic (exact) mass is 236 g/mol. The molecule has 2 heterocycles. The van der Waals surface area contributed by atoms with Gasteiger partial charge in [-0.05, 0) is 24.8 Å². The van der Waals surface area contributed by atoms with Crippen LogP contribution in [0.1, 0.15) is 23.2 Å². The summed E-state index contributed by atoms with van der Waals surface area (Å²) in [6.07, 6.45) is 5.16. The minimum absolute atomic E-state index is 0.212. The maximum atomic E-state index is 11.0. The molecule has 0 aliphatic carbocycles. The quantitative estimate of drug-likeness (QED) is 0.831. The first-order chi connectivity index (χ1) is 8.27. The molecule has 1 fully saturated rings. The fraction of sp³-hybridized carbons (Fsp3) is 0.500. The van der Waals surface area contributed by atoms with Crippen LogP contribution in [0, 0.1) is 5.92 Å². The lowest BCUT2D eigenvalue weighted by molar-refractivity contribution is 0.0595. The Morgan fingerprint density at radius 3 is 3.24 bits per heavy atom. The lowest BCUT2D eigenvalue weighted by Gasteiger charge is -2.23. The number of ether oxygens (including phenoxy) is 1. The molecule has 1 unspecified atom stereocenters. The van der Waals surface area contributed by atoms with Crippen LogP contribution in [0.15, 0.2) is 18.5 Å². The zero-order valence-corrected chi connectivity index (χ0v) is 9.56. The molecule has 5 heteroatoms. The molecule has 0 aromatic carbocycles. The number of nitrogens with one attached hydrogen (secondary N) is 1. The van der Waals surface area contributed by atoms with E-state index in [0.29, 0.717) is 11.6 Å². The van der Waals surface area contributed by atoms with E-state index in [2.05, 4.69) is 10.3 Å². The molecule has 1 saturated heterocycles. The van der Waals surface area contributed by atoms with Crippen molar-refractivity contribution in [3.8, 4) is 0 Å². The zero-order chi connectivity index (χ0) is 12.1. The van der Waals surface area contributed by atoms with Crippen LogP contribution in [0.3, 0.4) is 0 Å². The van der Waals surface area contributed by atoms with E-state index in [4.69, 9.17) is 9.84 Å². The summed E-state index contributed by atoms with van der Waals surface area (Å²) in [5.41, 5.74) is 0.835. The summed E-state index contributed by atoms with van der Waals surface area (Å²) in [6, 6.07) is 1.69. The summed E-state index contributed by atoms with van der Waals surface area (Å²) >= 11 is 0. The number of aromatic carboxylic acids is 1. The van der Waals surface area contributed by atoms with Crippen LogP contribution in [-0.2, 0) is 4.74 Å². The fourth-order valence-corrected chi connectivity index (χ4v) is 1.94. The van der Waals surface area contributed by atoms with Gasteiger partial charge in [0.25, 0.3) is 0 Å². The number of nitrogens with zero attached hydrogens (tertiary/aromatic N) is 1. The van der Waals surface area contributed by atoms with E-state index in [1.54, 1.807) is 12.3 Å². The number of carboxylic acids is 1. The molecule has 0 radical (unpaired) electrons. The second-order valence-corrected chi connectivity index (χ2v) is 4.19. The maximum absolute atomic E-state index is 11.0. The van der Waals surface area contributed by atoms with Gasteiger partial charge in [-0.3, -0.25) is 4.98 Å². The van der Waals surface area contributed by atoms with Gasteiger partial charge in [0.1, 0.15) is 5.56 Å². The van der Waals surface area contributed by atoms with Gasteiger partial charge in [-0.25, -0.2) is 4.79 Å². The lowest BCUT2D eigenvalue weighted by Crippen LogP contribution is -2.24. The van der Waals surface area contributed by atoms with E-state index in [1.165, 1.54) is 6.20 Å². The molecule has 1 aromatic heterocycles. The van der Waals surface area contributed by atoms with Gasteiger partial charge in [0.2, 0.25) is 0 Å². The summed E-state index contributed by atoms with van der Waals surface area (Å²) in [5, 5.41) is 12.2. The summed E-state index contributed by atoms with van der Waals surface area (Å²) in [7, 11) is 0. The van der Waals surface area contributed by atoms with Crippen molar-refractivity contribution < 1.29 is 14.6 Å². The third-order valence-electron chi connectivity index (χ3n) is 2.89. The number of rotatable bonds is 4. The van der Waals surface area contributed by atoms with Crippen LogP contribution >= 0.6 is 0 Å². The fourth-order valence-electron chi connectivity index (χ4n) is 1.94. The van der Waals surface area contributed by atoms with Crippen molar-refractivity contribution in [1.82, 2.24) is 4.98 Å². The summed E-state index contributed by atoms with van der Waals surface area (Å²) in [5.74, 6) is -0.501. The minimum atomic E-state index is -0.958. The Balaban J connectivity index is 1.96. The van der Waals surface area contributed by atoms with Gasteiger partial charge in [-0.2, -0.15) is 0 Å². The van der Waals surface area contributed by atoms with Crippen LogP contribution in [-0.4, -0.2) is 35.8 Å². The molecule has 0 saturated carbocycles. The van der Waals surface area contributed by atoms with Crippen LogP contribution in [0.5, 0.6) is 0 Å². The molecule has 2 N–H and O–H groups in total. The molecule has 1 atom stereocenters. The highest BCUT2D eigenvalue weighted by Crippen LogP contribution is 2.17. The van der Waals surface area contributed by atoms with Crippen molar-refractivity contribution >= 4 is 11.7 Å². The lowest BCUT2D eigenvalue weighted by atomic mass is 10.0. The van der Waals surface area contributed by atoms with Gasteiger partial charge in [0.05, 0.1) is 12.3 Å². The number of hydrogen-bond donors (Lipinski definition) is 2. The first-order valence-electron chi connectivity index (χ1n) is 5.76. The highest BCUT2D eigenvalue weighted by molar-refractivity contribution is 5.93.